The Balaban J connectivity index is 1.94. The van der Waals surface area contributed by atoms with Crippen LogP contribution in [0, 0.1) is 0 Å². The molecule has 2 aromatic rings. The predicted molar refractivity (Wildman–Crippen MR) is 94.4 cm³/mol. The van der Waals surface area contributed by atoms with Crippen LogP contribution in [0.1, 0.15) is 51.2 Å². The molecule has 0 atom stereocenters. The summed E-state index contributed by atoms with van der Waals surface area (Å²) in [6.45, 7) is 1.51. The molecular weight excluding hydrogens is 324 g/mol. The lowest BCUT2D eigenvalue weighted by atomic mass is 10.1. The lowest BCUT2D eigenvalue weighted by Crippen LogP contribution is -2.28. The van der Waals surface area contributed by atoms with Crippen LogP contribution < -0.4 is 5.69 Å². The summed E-state index contributed by atoms with van der Waals surface area (Å²) in [6.07, 6.45) is 9.04. The van der Waals surface area contributed by atoms with Gasteiger partial charge in [-0.25, -0.2) is 4.79 Å². The average molecular weight is 352 g/mol. The standard InChI is InChI=1S/C18H28N2O5/c1-2-3-4-5-6-7-8-15-9-14-10-20(13-24-16(11-21)12-22)18(23)19-17(14)25-15/h9-10,16,21-22H,2-8,11-13H2,1H3. The number of aromatic nitrogens is 2. The van der Waals surface area contributed by atoms with Crippen LogP contribution in [0.25, 0.3) is 11.1 Å². The number of hydrogen-bond acceptors (Lipinski definition) is 6. The minimum atomic E-state index is -0.713. The van der Waals surface area contributed by atoms with Gasteiger partial charge in [0.1, 0.15) is 18.6 Å². The Kier molecular flexibility index (Phi) is 8.11. The van der Waals surface area contributed by atoms with Gasteiger partial charge >= 0.3 is 5.69 Å². The van der Waals surface area contributed by atoms with Crippen molar-refractivity contribution in [1.82, 2.24) is 9.55 Å². The van der Waals surface area contributed by atoms with Gasteiger partial charge in [0, 0.05) is 12.6 Å². The highest BCUT2D eigenvalue weighted by Gasteiger charge is 2.11. The molecule has 0 unspecified atom stereocenters. The largest absolute Gasteiger partial charge is 0.443 e. The van der Waals surface area contributed by atoms with Crippen molar-refractivity contribution >= 4 is 11.1 Å². The Morgan fingerprint density at radius 3 is 2.64 bits per heavy atom. The van der Waals surface area contributed by atoms with E-state index in [-0.39, 0.29) is 19.9 Å². The Bertz CT molecular complexity index is 690. The molecule has 0 saturated heterocycles. The third-order valence-corrected chi connectivity index (χ3v) is 4.16. The van der Waals surface area contributed by atoms with E-state index in [1.54, 1.807) is 6.20 Å². The second-order valence-electron chi connectivity index (χ2n) is 6.27. The van der Waals surface area contributed by atoms with Gasteiger partial charge in [0.05, 0.1) is 18.6 Å². The van der Waals surface area contributed by atoms with Gasteiger partial charge in [-0.15, -0.1) is 0 Å². The maximum atomic E-state index is 12.0. The molecule has 0 aliphatic rings. The summed E-state index contributed by atoms with van der Waals surface area (Å²) in [5, 5.41) is 18.7. The Morgan fingerprint density at radius 1 is 1.20 bits per heavy atom. The molecule has 2 aromatic heterocycles. The monoisotopic (exact) mass is 352 g/mol. The molecular formula is C18H28N2O5. The van der Waals surface area contributed by atoms with Crippen molar-refractivity contribution in [3.05, 3.63) is 28.5 Å². The van der Waals surface area contributed by atoms with Crippen LogP contribution in [0.15, 0.2) is 21.5 Å². The molecule has 0 amide bonds. The molecule has 7 heteroatoms. The second kappa shape index (κ2) is 10.3. The summed E-state index contributed by atoms with van der Waals surface area (Å²) < 4.78 is 12.2. The van der Waals surface area contributed by atoms with E-state index in [0.717, 1.165) is 24.0 Å². The molecule has 2 heterocycles. The van der Waals surface area contributed by atoms with Crippen molar-refractivity contribution in [2.45, 2.75) is 64.7 Å². The van der Waals surface area contributed by atoms with Gasteiger partial charge in [0.2, 0.25) is 5.71 Å². The van der Waals surface area contributed by atoms with E-state index in [1.165, 1.54) is 36.7 Å². The highest BCUT2D eigenvalue weighted by atomic mass is 16.5. The number of aliphatic hydroxyl groups excluding tert-OH is 2. The normalized spacial score (nSPS) is 11.7. The number of unbranched alkanes of at least 4 members (excludes halogenated alkanes) is 5. The highest BCUT2D eigenvalue weighted by Crippen LogP contribution is 2.18. The lowest BCUT2D eigenvalue weighted by molar-refractivity contribution is -0.0511. The van der Waals surface area contributed by atoms with Crippen LogP contribution in [0.5, 0.6) is 0 Å². The Hall–Kier alpha value is -1.70. The maximum Gasteiger partial charge on any atom is 0.352 e. The van der Waals surface area contributed by atoms with E-state index in [4.69, 9.17) is 19.4 Å². The summed E-state index contributed by atoms with van der Waals surface area (Å²) in [7, 11) is 0. The van der Waals surface area contributed by atoms with E-state index >= 15 is 0 Å². The molecule has 2 N–H and O–H groups in total. The first-order valence-electron chi connectivity index (χ1n) is 9.01. The molecule has 0 bridgehead atoms. The van der Waals surface area contributed by atoms with E-state index in [2.05, 4.69) is 11.9 Å². The molecule has 0 spiro atoms. The molecule has 0 saturated carbocycles. The number of hydrogen-bond donors (Lipinski definition) is 2. The van der Waals surface area contributed by atoms with Gasteiger partial charge in [0.15, 0.2) is 0 Å². The summed E-state index contributed by atoms with van der Waals surface area (Å²) in [5.41, 5.74) is -0.148. The predicted octanol–water partition coefficient (Wildman–Crippen LogP) is 2.22. The molecule has 0 aliphatic heterocycles. The SMILES string of the molecule is CCCCCCCCc1cc2cn(COC(CO)CO)c(=O)nc2o1. The second-order valence-corrected chi connectivity index (χ2v) is 6.27. The first-order valence-corrected chi connectivity index (χ1v) is 9.01. The molecule has 140 valence electrons. The van der Waals surface area contributed by atoms with Gasteiger partial charge < -0.3 is 19.4 Å². The first kappa shape index (κ1) is 19.6. The van der Waals surface area contributed by atoms with Gasteiger partial charge in [-0.3, -0.25) is 4.57 Å². The smallest absolute Gasteiger partial charge is 0.352 e. The molecule has 0 radical (unpaired) electrons. The fourth-order valence-corrected chi connectivity index (χ4v) is 2.65. The van der Waals surface area contributed by atoms with Crippen molar-refractivity contribution in [2.24, 2.45) is 0 Å². The summed E-state index contributed by atoms with van der Waals surface area (Å²) >= 11 is 0. The summed E-state index contributed by atoms with van der Waals surface area (Å²) in [4.78, 5) is 15.9. The van der Waals surface area contributed by atoms with Crippen molar-refractivity contribution in [3.8, 4) is 0 Å². The van der Waals surface area contributed by atoms with E-state index in [1.807, 2.05) is 6.07 Å². The van der Waals surface area contributed by atoms with E-state index < -0.39 is 11.8 Å². The molecule has 2 rings (SSSR count). The zero-order valence-corrected chi connectivity index (χ0v) is 14.8. The molecule has 0 aliphatic carbocycles. The van der Waals surface area contributed by atoms with Gasteiger partial charge in [-0.05, 0) is 12.5 Å². The van der Waals surface area contributed by atoms with Crippen LogP contribution in [-0.2, 0) is 17.9 Å². The molecule has 0 fully saturated rings. The van der Waals surface area contributed by atoms with Crippen molar-refractivity contribution < 1.29 is 19.4 Å². The van der Waals surface area contributed by atoms with Crippen molar-refractivity contribution in [1.29, 1.82) is 0 Å². The minimum absolute atomic E-state index is 0.0779. The summed E-state index contributed by atoms with van der Waals surface area (Å²) in [6, 6.07) is 1.90. The highest BCUT2D eigenvalue weighted by molar-refractivity contribution is 5.72. The first-order chi connectivity index (χ1) is 12.2. The van der Waals surface area contributed by atoms with Gasteiger partial charge in [-0.2, -0.15) is 4.98 Å². The van der Waals surface area contributed by atoms with Gasteiger partial charge in [-0.1, -0.05) is 39.0 Å². The Labute approximate surface area is 147 Å². The number of rotatable bonds is 12. The third kappa shape index (κ3) is 5.95. The average Bonchev–Trinajstić information content (AvgIpc) is 3.00. The minimum Gasteiger partial charge on any atom is -0.443 e. The Morgan fingerprint density at radius 2 is 1.92 bits per heavy atom. The van der Waals surface area contributed by atoms with Crippen LogP contribution in [0.3, 0.4) is 0 Å². The van der Waals surface area contributed by atoms with E-state index in [9.17, 15) is 4.79 Å². The number of fused-ring (bicyclic) bond motifs is 1. The number of aliphatic hydroxyl groups is 2. The van der Waals surface area contributed by atoms with Crippen LogP contribution >= 0.6 is 0 Å². The molecule has 7 nitrogen and oxygen atoms in total. The fraction of sp³-hybridized carbons (Fsp3) is 0.667. The maximum absolute atomic E-state index is 12.0. The van der Waals surface area contributed by atoms with Crippen molar-refractivity contribution in [3.63, 3.8) is 0 Å². The van der Waals surface area contributed by atoms with Crippen LogP contribution in [-0.4, -0.2) is 39.1 Å². The lowest BCUT2D eigenvalue weighted by Gasteiger charge is -2.13. The topological polar surface area (TPSA) is 97.7 Å². The van der Waals surface area contributed by atoms with Crippen LogP contribution in [0.2, 0.25) is 0 Å². The van der Waals surface area contributed by atoms with Gasteiger partial charge in [0.25, 0.3) is 0 Å². The quantitative estimate of drug-likeness (QED) is 0.569. The summed E-state index contributed by atoms with van der Waals surface area (Å²) in [5.74, 6) is 0.833. The zero-order chi connectivity index (χ0) is 18.1. The number of ether oxygens (including phenoxy) is 1. The number of furan rings is 1. The molecule has 0 aromatic carbocycles. The fourth-order valence-electron chi connectivity index (χ4n) is 2.65. The zero-order valence-electron chi connectivity index (χ0n) is 14.8. The van der Waals surface area contributed by atoms with Crippen LogP contribution in [0.4, 0.5) is 0 Å². The van der Waals surface area contributed by atoms with E-state index in [0.29, 0.717) is 5.71 Å². The number of nitrogens with zero attached hydrogens (tertiary/aromatic N) is 2. The number of aryl methyl sites for hydroxylation is 1. The third-order valence-electron chi connectivity index (χ3n) is 4.16. The van der Waals surface area contributed by atoms with Crippen molar-refractivity contribution in [2.75, 3.05) is 13.2 Å². The molecule has 25 heavy (non-hydrogen) atoms.